The van der Waals surface area contributed by atoms with Crippen LogP contribution in [0, 0.1) is 0 Å². The summed E-state index contributed by atoms with van der Waals surface area (Å²) in [6.45, 7) is 6.99. The summed E-state index contributed by atoms with van der Waals surface area (Å²) in [5, 5.41) is 13.2. The molecule has 2 unspecified atom stereocenters. The molecule has 0 radical (unpaired) electrons. The van der Waals surface area contributed by atoms with Crippen LogP contribution in [0.1, 0.15) is 60.4 Å². The van der Waals surface area contributed by atoms with E-state index >= 15 is 4.79 Å². The predicted molar refractivity (Wildman–Crippen MR) is 328 cm³/mol. The highest BCUT2D eigenvalue weighted by molar-refractivity contribution is 7.25. The van der Waals surface area contributed by atoms with Crippen molar-refractivity contribution in [3.05, 3.63) is 249 Å². The maximum absolute atomic E-state index is 15.4. The van der Waals surface area contributed by atoms with Crippen LogP contribution in [0.5, 0.6) is 0 Å². The van der Waals surface area contributed by atoms with Gasteiger partial charge in [-0.15, -0.1) is 11.3 Å². The van der Waals surface area contributed by atoms with Gasteiger partial charge in [-0.1, -0.05) is 148 Å². The van der Waals surface area contributed by atoms with E-state index in [1.807, 2.05) is 44.4 Å². The van der Waals surface area contributed by atoms with Gasteiger partial charge in [0.25, 0.3) is 11.1 Å². The third-order valence-corrected chi connectivity index (χ3v) is 19.6. The van der Waals surface area contributed by atoms with Crippen molar-refractivity contribution in [1.82, 2.24) is 13.4 Å². The van der Waals surface area contributed by atoms with E-state index in [9.17, 15) is 4.79 Å². The molecule has 0 saturated carbocycles. The molecule has 0 fully saturated rings. The Hall–Kier alpha value is -9.36. The Balaban J connectivity index is 0.803. The second-order valence-electron chi connectivity index (χ2n) is 22.7. The van der Waals surface area contributed by atoms with Gasteiger partial charge in [0.2, 0.25) is 0 Å². The van der Waals surface area contributed by atoms with Crippen molar-refractivity contribution in [2.75, 3.05) is 0 Å². The summed E-state index contributed by atoms with van der Waals surface area (Å²) in [5.41, 5.74) is 17.6. The van der Waals surface area contributed by atoms with E-state index in [0.717, 1.165) is 98.6 Å². The zero-order valence-electron chi connectivity index (χ0n) is 42.9. The number of nitrogens with zero attached hydrogens (tertiary/aromatic N) is 3. The summed E-state index contributed by atoms with van der Waals surface area (Å²) >= 11 is 1.84. The lowest BCUT2D eigenvalue weighted by Gasteiger charge is -2.29. The molecule has 0 spiro atoms. The minimum atomic E-state index is -0.284. The molecular weight excluding hydrogens is 971 g/mol. The van der Waals surface area contributed by atoms with Crippen LogP contribution in [0.15, 0.2) is 210 Å². The highest BCUT2D eigenvalue weighted by Gasteiger charge is 2.38. The van der Waals surface area contributed by atoms with Crippen molar-refractivity contribution < 1.29 is 0 Å². The van der Waals surface area contributed by atoms with E-state index in [1.165, 1.54) is 64.3 Å². The highest BCUT2D eigenvalue weighted by Crippen LogP contribution is 2.54. The smallest absolute Gasteiger partial charge is 0.263 e. The number of hydrogen-bond acceptors (Lipinski definition) is 3. The van der Waals surface area contributed by atoms with Crippen LogP contribution in [0.4, 0.5) is 0 Å². The number of thiophene rings is 1. The molecule has 10 aromatic carbocycles. The number of para-hydroxylation sites is 3. The first-order chi connectivity index (χ1) is 38.2. The highest BCUT2D eigenvalue weighted by atomic mass is 32.1. The fourth-order valence-electron chi connectivity index (χ4n) is 14.9. The molecule has 0 amide bonds. The topological polar surface area (TPSA) is 47.9 Å². The standard InChI is InChI=1S/C72H45N3O2S/c1-38-43(26-27-49-56-33-41(39-25-29-66-54(30-39)48-18-9-13-23-65(48)78-66)32-55-46-16-7-12-22-63(46)75(68(55)56)71(77)67(38)49)40-24-28-59-51(31-40)52-36-53-45-15-6-10-20-61(45)73(64(53)37-60(52)72(59,2)3)42-34-57-44-14-4-5-19-50(44)70(76)74-62-21-11-8-17-47(62)58(35-42)69(57)74/h4-38,43H,1-3H3. The number of pyridine rings is 2. The van der Waals surface area contributed by atoms with Gasteiger partial charge in [0.15, 0.2) is 0 Å². The third-order valence-electron chi connectivity index (χ3n) is 18.5. The van der Waals surface area contributed by atoms with Crippen molar-refractivity contribution in [2.24, 2.45) is 0 Å². The minimum Gasteiger partial charge on any atom is -0.309 e. The monoisotopic (exact) mass is 1020 g/mol. The maximum atomic E-state index is 15.4. The average Bonchev–Trinajstić information content (AvgIpc) is 4.45. The van der Waals surface area contributed by atoms with Crippen molar-refractivity contribution in [3.63, 3.8) is 0 Å². The quantitative estimate of drug-likeness (QED) is 0.166. The molecule has 6 aromatic heterocycles. The Morgan fingerprint density at radius 2 is 1.01 bits per heavy atom. The minimum absolute atomic E-state index is 0.0152. The van der Waals surface area contributed by atoms with E-state index in [2.05, 4.69) is 207 Å². The van der Waals surface area contributed by atoms with Gasteiger partial charge in [-0.05, 0) is 135 Å². The molecule has 16 aromatic rings. The fourth-order valence-corrected chi connectivity index (χ4v) is 16.0. The first-order valence-electron chi connectivity index (χ1n) is 27.1. The van der Waals surface area contributed by atoms with E-state index < -0.39 is 0 Å². The van der Waals surface area contributed by atoms with E-state index in [-0.39, 0.29) is 28.4 Å². The molecule has 366 valence electrons. The molecule has 2 aliphatic rings. The van der Waals surface area contributed by atoms with Crippen LogP contribution in [0.25, 0.3) is 141 Å². The Morgan fingerprint density at radius 3 is 1.78 bits per heavy atom. The summed E-state index contributed by atoms with van der Waals surface area (Å²) in [4.78, 5) is 29.6. The maximum Gasteiger partial charge on any atom is 0.263 e. The van der Waals surface area contributed by atoms with Crippen LogP contribution in [0.2, 0.25) is 0 Å². The zero-order valence-corrected chi connectivity index (χ0v) is 43.7. The predicted octanol–water partition coefficient (Wildman–Crippen LogP) is 17.9. The van der Waals surface area contributed by atoms with Crippen molar-refractivity contribution in [3.8, 4) is 27.9 Å². The van der Waals surface area contributed by atoms with E-state index in [1.54, 1.807) is 0 Å². The molecule has 18 rings (SSSR count). The molecule has 6 heteroatoms. The molecule has 0 saturated heterocycles. The van der Waals surface area contributed by atoms with Crippen LogP contribution >= 0.6 is 11.3 Å². The number of hydrogen-bond donors (Lipinski definition) is 0. The Kier molecular flexibility index (Phi) is 8.10. The largest absolute Gasteiger partial charge is 0.309 e. The first-order valence-corrected chi connectivity index (χ1v) is 27.9. The molecule has 2 aliphatic carbocycles. The number of allylic oxidation sites excluding steroid dienone is 1. The second kappa shape index (κ2) is 14.8. The molecule has 0 N–H and O–H groups in total. The van der Waals surface area contributed by atoms with Gasteiger partial charge in [-0.2, -0.15) is 0 Å². The Labute approximate surface area is 450 Å². The lowest BCUT2D eigenvalue weighted by atomic mass is 9.75. The van der Waals surface area contributed by atoms with Gasteiger partial charge in [-0.3, -0.25) is 18.4 Å². The Bertz CT molecular complexity index is 5570. The summed E-state index contributed by atoms with van der Waals surface area (Å²) in [7, 11) is 0. The van der Waals surface area contributed by atoms with Gasteiger partial charge in [0.1, 0.15) is 0 Å². The van der Waals surface area contributed by atoms with Crippen LogP contribution in [-0.4, -0.2) is 13.4 Å². The van der Waals surface area contributed by atoms with Crippen molar-refractivity contribution in [2.45, 2.75) is 38.0 Å². The molecule has 78 heavy (non-hydrogen) atoms. The van der Waals surface area contributed by atoms with Gasteiger partial charge < -0.3 is 4.57 Å². The van der Waals surface area contributed by atoms with Crippen LogP contribution in [0.3, 0.4) is 0 Å². The molecular formula is C72H45N3O2S. The lowest BCUT2D eigenvalue weighted by molar-refractivity contribution is 0.652. The second-order valence-corrected chi connectivity index (χ2v) is 23.8. The van der Waals surface area contributed by atoms with Crippen LogP contribution in [-0.2, 0) is 5.41 Å². The number of fused-ring (bicyclic) bond motifs is 19. The first kappa shape index (κ1) is 42.8. The van der Waals surface area contributed by atoms with Gasteiger partial charge in [0, 0.05) is 91.2 Å². The van der Waals surface area contributed by atoms with Gasteiger partial charge >= 0.3 is 0 Å². The number of rotatable bonds is 3. The fraction of sp³-hybridized carbons (Fsp3) is 0.0833. The summed E-state index contributed by atoms with van der Waals surface area (Å²) in [5.74, 6) is -0.109. The normalized spacial score (nSPS) is 16.0. The molecule has 0 bridgehead atoms. The van der Waals surface area contributed by atoms with E-state index in [0.29, 0.717) is 0 Å². The zero-order chi connectivity index (χ0) is 51.6. The molecule has 0 aliphatic heterocycles. The summed E-state index contributed by atoms with van der Waals surface area (Å²) < 4.78 is 8.98. The number of aromatic nitrogens is 3. The Morgan fingerprint density at radius 1 is 0.436 bits per heavy atom. The summed E-state index contributed by atoms with van der Waals surface area (Å²) in [6.07, 6.45) is 4.63. The van der Waals surface area contributed by atoms with Crippen molar-refractivity contribution in [1.29, 1.82) is 0 Å². The lowest BCUT2D eigenvalue weighted by Crippen LogP contribution is -2.25. The summed E-state index contributed by atoms with van der Waals surface area (Å²) in [6, 6.07) is 70.4. The van der Waals surface area contributed by atoms with Gasteiger partial charge in [-0.25, -0.2) is 0 Å². The SMILES string of the molecule is CC1c2c(c3cc(-c4ccc5sc6ccccc6c5c4)cc4c5ccccc5n(c2=O)c34)C=CC1c1ccc2c(c1)-c1cc3c4ccccc4n(-c4cc5c6ccccc6c(=O)n6c7ccccc7c(c4)c56)c3cc1C2(C)C. The molecule has 5 nitrogen and oxygen atoms in total. The third kappa shape index (κ3) is 5.31. The average molecular weight is 1020 g/mol. The molecule has 6 heterocycles. The molecule has 2 atom stereocenters. The number of benzene rings is 10. The van der Waals surface area contributed by atoms with Crippen molar-refractivity contribution >= 4 is 125 Å². The van der Waals surface area contributed by atoms with E-state index in [4.69, 9.17) is 0 Å². The van der Waals surface area contributed by atoms with Gasteiger partial charge in [0.05, 0.1) is 33.1 Å². The van der Waals surface area contributed by atoms with Crippen LogP contribution < -0.4 is 11.1 Å².